The van der Waals surface area contributed by atoms with Gasteiger partial charge in [0, 0.05) is 30.3 Å². The Balaban J connectivity index is 1.98. The van der Waals surface area contributed by atoms with Gasteiger partial charge in [-0.2, -0.15) is 13.2 Å². The first-order valence-electron chi connectivity index (χ1n) is 9.73. The molecule has 0 N–H and O–H groups in total. The second kappa shape index (κ2) is 9.21. The Hall–Kier alpha value is -2.60. The highest BCUT2D eigenvalue weighted by Gasteiger charge is 2.41. The second-order valence-electron chi connectivity index (χ2n) is 7.74. The van der Waals surface area contributed by atoms with E-state index in [4.69, 9.17) is 21.1 Å². The van der Waals surface area contributed by atoms with Crippen molar-refractivity contribution < 1.29 is 44.6 Å². The largest absolute Gasteiger partial charge is 0.494 e. The summed E-state index contributed by atoms with van der Waals surface area (Å²) in [5.74, 6) is -4.58. The fraction of sp³-hybridized carbons (Fsp3) is 0.381. The minimum atomic E-state index is -4.76. The molecule has 3 rings (SSSR count). The Morgan fingerprint density at radius 3 is 2.29 bits per heavy atom. The van der Waals surface area contributed by atoms with Crippen molar-refractivity contribution in [1.29, 1.82) is 0 Å². The molecule has 1 aliphatic heterocycles. The zero-order valence-electron chi connectivity index (χ0n) is 18.0. The first-order chi connectivity index (χ1) is 15.6. The molecule has 2 aromatic carbocycles. The van der Waals surface area contributed by atoms with Gasteiger partial charge in [-0.1, -0.05) is 11.6 Å². The maximum atomic E-state index is 13.6. The van der Waals surface area contributed by atoms with Crippen LogP contribution in [0, 0.1) is 11.6 Å². The first-order valence-corrected chi connectivity index (χ1v) is 12.0. The average Bonchev–Trinajstić information content (AvgIpc) is 2.68. The summed E-state index contributed by atoms with van der Waals surface area (Å²) in [4.78, 5) is 14.0. The molecule has 186 valence electrons. The highest BCUT2D eigenvalue weighted by Crippen LogP contribution is 2.40. The third-order valence-corrected chi connectivity index (χ3v) is 6.76. The van der Waals surface area contributed by atoms with Crippen molar-refractivity contribution in [3.8, 4) is 11.5 Å². The number of sulfone groups is 1. The van der Waals surface area contributed by atoms with Crippen molar-refractivity contribution >= 4 is 27.3 Å². The highest BCUT2D eigenvalue weighted by molar-refractivity contribution is 7.90. The molecule has 1 atom stereocenters. The number of carbonyl (C=O) groups excluding carboxylic acids is 1. The lowest BCUT2D eigenvalue weighted by Crippen LogP contribution is -2.49. The normalized spacial score (nSPS) is 15.6. The van der Waals surface area contributed by atoms with Gasteiger partial charge < -0.3 is 14.4 Å². The predicted octanol–water partition coefficient (Wildman–Crippen LogP) is 4.60. The number of alkyl halides is 3. The number of likely N-dealkylation sites (tertiary alicyclic amines) is 1. The second-order valence-corrected chi connectivity index (χ2v) is 10.1. The fourth-order valence-corrected chi connectivity index (χ4v) is 4.59. The smallest absolute Gasteiger partial charge is 0.425 e. The van der Waals surface area contributed by atoms with Gasteiger partial charge in [-0.25, -0.2) is 17.2 Å². The van der Waals surface area contributed by atoms with E-state index in [1.54, 1.807) is 0 Å². The molecule has 1 fully saturated rings. The standard InChI is InChI=1S/C21H19ClF5NO5S/c1-10(21(25,26)27)33-16-4-5-17(34(3,30)31)19(32-2)18(16)20(29)28-8-11(9-28)12-6-14(23)15(24)7-13(12)22/h4-7,10-11H,8-9H2,1-3H3/t10-/m0/s1. The van der Waals surface area contributed by atoms with E-state index in [0.29, 0.717) is 0 Å². The van der Waals surface area contributed by atoms with Crippen LogP contribution in [-0.4, -0.2) is 58.0 Å². The van der Waals surface area contributed by atoms with E-state index in [1.165, 1.54) is 4.90 Å². The Morgan fingerprint density at radius 2 is 1.76 bits per heavy atom. The van der Waals surface area contributed by atoms with Crippen LogP contribution in [0.1, 0.15) is 28.8 Å². The van der Waals surface area contributed by atoms with Crippen molar-refractivity contribution in [2.45, 2.75) is 30.0 Å². The van der Waals surface area contributed by atoms with Crippen LogP contribution < -0.4 is 9.47 Å². The summed E-state index contributed by atoms with van der Waals surface area (Å²) in [7, 11) is -2.86. The lowest BCUT2D eigenvalue weighted by Gasteiger charge is -2.40. The number of halogens is 6. The van der Waals surface area contributed by atoms with Gasteiger partial charge in [0.15, 0.2) is 33.3 Å². The SMILES string of the molecule is COc1c(S(C)(=O)=O)ccc(O[C@@H](C)C(F)(F)F)c1C(=O)N1CC(c2cc(F)c(F)cc2Cl)C1. The third kappa shape index (κ3) is 5.07. The van der Waals surface area contributed by atoms with E-state index in [2.05, 4.69) is 0 Å². The Bertz CT molecular complexity index is 1230. The third-order valence-electron chi connectivity index (χ3n) is 5.31. The lowest BCUT2D eigenvalue weighted by molar-refractivity contribution is -0.189. The summed E-state index contributed by atoms with van der Waals surface area (Å²) in [6.45, 7) is 0.657. The van der Waals surface area contributed by atoms with Crippen molar-refractivity contribution in [3.05, 3.63) is 52.0 Å². The molecule has 1 saturated heterocycles. The van der Waals surface area contributed by atoms with Crippen molar-refractivity contribution in [3.63, 3.8) is 0 Å². The number of amides is 1. The Kier molecular flexibility index (Phi) is 7.05. The molecule has 34 heavy (non-hydrogen) atoms. The van der Waals surface area contributed by atoms with Crippen LogP contribution in [0.5, 0.6) is 11.5 Å². The van der Waals surface area contributed by atoms with Crippen LogP contribution >= 0.6 is 11.6 Å². The van der Waals surface area contributed by atoms with Crippen LogP contribution in [0.15, 0.2) is 29.2 Å². The van der Waals surface area contributed by atoms with E-state index in [1.807, 2.05) is 0 Å². The van der Waals surface area contributed by atoms with Gasteiger partial charge in [0.05, 0.1) is 7.11 Å². The molecular weight excluding hydrogens is 509 g/mol. The molecular formula is C21H19ClF5NO5S. The minimum absolute atomic E-state index is 0.0376. The number of hydrogen-bond acceptors (Lipinski definition) is 5. The van der Waals surface area contributed by atoms with Gasteiger partial charge in [0.2, 0.25) is 0 Å². The molecule has 1 aliphatic rings. The molecule has 0 aromatic heterocycles. The molecule has 0 unspecified atom stereocenters. The van der Waals surface area contributed by atoms with Gasteiger partial charge in [-0.3, -0.25) is 4.79 Å². The minimum Gasteiger partial charge on any atom is -0.494 e. The van der Waals surface area contributed by atoms with Crippen molar-refractivity contribution in [1.82, 2.24) is 4.90 Å². The van der Waals surface area contributed by atoms with Crippen molar-refractivity contribution in [2.24, 2.45) is 0 Å². The number of carbonyl (C=O) groups is 1. The number of methoxy groups -OCH3 is 1. The Labute approximate surface area is 197 Å². The molecule has 2 aromatic rings. The average molecular weight is 528 g/mol. The van der Waals surface area contributed by atoms with E-state index >= 15 is 0 Å². The summed E-state index contributed by atoms with van der Waals surface area (Å²) in [5, 5.41) is -0.0457. The number of hydrogen-bond donors (Lipinski definition) is 0. The van der Waals surface area contributed by atoms with Crippen LogP contribution in [0.2, 0.25) is 5.02 Å². The van der Waals surface area contributed by atoms with Crippen LogP contribution in [0.25, 0.3) is 0 Å². The molecule has 0 bridgehead atoms. The van der Waals surface area contributed by atoms with Gasteiger partial charge in [-0.05, 0) is 36.8 Å². The predicted molar refractivity (Wildman–Crippen MR) is 112 cm³/mol. The summed E-state index contributed by atoms with van der Waals surface area (Å²) in [5.41, 5.74) is -0.250. The quantitative estimate of drug-likeness (QED) is 0.405. The molecule has 0 saturated carbocycles. The molecule has 0 spiro atoms. The molecule has 0 radical (unpaired) electrons. The number of nitrogens with zero attached hydrogens (tertiary/aromatic N) is 1. The molecule has 1 heterocycles. The molecule has 0 aliphatic carbocycles. The van der Waals surface area contributed by atoms with Crippen LogP contribution in [0.3, 0.4) is 0 Å². The fourth-order valence-electron chi connectivity index (χ4n) is 3.45. The molecule has 1 amide bonds. The van der Waals surface area contributed by atoms with Crippen LogP contribution in [0.4, 0.5) is 22.0 Å². The maximum absolute atomic E-state index is 13.6. The van der Waals surface area contributed by atoms with Gasteiger partial charge in [-0.15, -0.1) is 0 Å². The van der Waals surface area contributed by atoms with Crippen LogP contribution in [-0.2, 0) is 9.84 Å². The summed E-state index contributed by atoms with van der Waals surface area (Å²) < 4.78 is 101. The van der Waals surface area contributed by atoms with Gasteiger partial charge in [0.1, 0.15) is 16.2 Å². The summed E-state index contributed by atoms with van der Waals surface area (Å²) in [6.07, 6.45) is -6.21. The monoisotopic (exact) mass is 527 g/mol. The highest BCUT2D eigenvalue weighted by atomic mass is 35.5. The number of rotatable bonds is 6. The summed E-state index contributed by atoms with van der Waals surface area (Å²) in [6, 6.07) is 3.66. The summed E-state index contributed by atoms with van der Waals surface area (Å²) >= 11 is 5.97. The van der Waals surface area contributed by atoms with E-state index < -0.39 is 67.5 Å². The topological polar surface area (TPSA) is 72.9 Å². The Morgan fingerprint density at radius 1 is 1.18 bits per heavy atom. The van der Waals surface area contributed by atoms with Crippen molar-refractivity contribution in [2.75, 3.05) is 26.5 Å². The van der Waals surface area contributed by atoms with E-state index in [-0.39, 0.29) is 23.7 Å². The van der Waals surface area contributed by atoms with Gasteiger partial charge in [0.25, 0.3) is 5.91 Å². The number of ether oxygens (including phenoxy) is 2. The lowest BCUT2D eigenvalue weighted by atomic mass is 9.90. The molecule has 6 nitrogen and oxygen atoms in total. The zero-order valence-corrected chi connectivity index (χ0v) is 19.6. The van der Waals surface area contributed by atoms with E-state index in [0.717, 1.165) is 44.6 Å². The zero-order chi connectivity index (χ0) is 25.6. The van der Waals surface area contributed by atoms with Gasteiger partial charge >= 0.3 is 6.18 Å². The maximum Gasteiger partial charge on any atom is 0.425 e. The first kappa shape index (κ1) is 26.0. The van der Waals surface area contributed by atoms with E-state index in [9.17, 15) is 35.2 Å². The molecule has 13 heteroatoms. The number of benzene rings is 2.